The molecular weight excluding hydrogens is 316 g/mol. The summed E-state index contributed by atoms with van der Waals surface area (Å²) in [7, 11) is 0. The largest absolute Gasteiger partial charge is 0.345 e. The number of carbonyl (C=O) groups excluding carboxylic acids is 2. The second-order valence-electron chi connectivity index (χ2n) is 5.71. The molecule has 2 heterocycles. The predicted octanol–water partition coefficient (Wildman–Crippen LogP) is 2.38. The van der Waals surface area contributed by atoms with E-state index in [2.05, 4.69) is 15.3 Å². The number of ketones is 1. The number of carbonyl (C=O) groups is 2. The van der Waals surface area contributed by atoms with Crippen LogP contribution in [-0.4, -0.2) is 26.2 Å². The lowest BCUT2D eigenvalue weighted by molar-refractivity contribution is -0.117. The molecule has 0 spiro atoms. The third kappa shape index (κ3) is 3.63. The molecule has 6 nitrogen and oxygen atoms in total. The fourth-order valence-electron chi connectivity index (χ4n) is 2.48. The van der Waals surface area contributed by atoms with E-state index in [1.807, 2.05) is 36.6 Å². The number of benzene rings is 1. The summed E-state index contributed by atoms with van der Waals surface area (Å²) in [4.78, 5) is 32.9. The van der Waals surface area contributed by atoms with Gasteiger partial charge in [-0.15, -0.1) is 0 Å². The van der Waals surface area contributed by atoms with E-state index >= 15 is 0 Å². The van der Waals surface area contributed by atoms with E-state index in [1.165, 1.54) is 0 Å². The second-order valence-corrected chi connectivity index (χ2v) is 5.71. The zero-order valence-corrected chi connectivity index (χ0v) is 14.1. The minimum Gasteiger partial charge on any atom is -0.345 e. The van der Waals surface area contributed by atoms with Crippen molar-refractivity contribution >= 4 is 11.7 Å². The average Bonchev–Trinajstić information content (AvgIpc) is 3.05. The summed E-state index contributed by atoms with van der Waals surface area (Å²) in [6, 6.07) is 10.6. The van der Waals surface area contributed by atoms with Crippen LogP contribution in [0.15, 0.2) is 55.0 Å². The van der Waals surface area contributed by atoms with Crippen molar-refractivity contribution in [3.8, 4) is 5.82 Å². The van der Waals surface area contributed by atoms with Crippen LogP contribution in [0.1, 0.15) is 27.3 Å². The highest BCUT2D eigenvalue weighted by Crippen LogP contribution is 2.13. The number of hydrogen-bond donors (Lipinski definition) is 1. The van der Waals surface area contributed by atoms with E-state index in [9.17, 15) is 9.59 Å². The topological polar surface area (TPSA) is 76.9 Å². The predicted molar refractivity (Wildman–Crippen MR) is 93.5 cm³/mol. The molecule has 0 fully saturated rings. The highest BCUT2D eigenvalue weighted by molar-refractivity contribution is 6.42. The molecule has 1 amide bonds. The lowest BCUT2D eigenvalue weighted by Gasteiger charge is -2.11. The fraction of sp³-hybridized carbons (Fsp3) is 0.158. The van der Waals surface area contributed by atoms with Gasteiger partial charge in [-0.2, -0.15) is 0 Å². The Labute approximate surface area is 145 Å². The summed E-state index contributed by atoms with van der Waals surface area (Å²) in [5.74, 6) is 0.285. The summed E-state index contributed by atoms with van der Waals surface area (Å²) in [6.45, 7) is 4.01. The van der Waals surface area contributed by atoms with Gasteiger partial charge in [0.05, 0.1) is 0 Å². The van der Waals surface area contributed by atoms with Gasteiger partial charge in [0.1, 0.15) is 11.6 Å². The van der Waals surface area contributed by atoms with Crippen LogP contribution in [0.3, 0.4) is 0 Å². The molecule has 1 aromatic carbocycles. The minimum atomic E-state index is -0.638. The molecule has 0 bridgehead atoms. The molecule has 3 rings (SSSR count). The maximum Gasteiger partial charge on any atom is 0.292 e. The third-order valence-corrected chi connectivity index (χ3v) is 3.88. The summed E-state index contributed by atoms with van der Waals surface area (Å²) in [6.07, 6.45) is 5.17. The Morgan fingerprint density at radius 3 is 2.48 bits per heavy atom. The summed E-state index contributed by atoms with van der Waals surface area (Å²) in [5, 5.41) is 2.67. The van der Waals surface area contributed by atoms with Gasteiger partial charge in [0.25, 0.3) is 5.91 Å². The van der Waals surface area contributed by atoms with Crippen LogP contribution >= 0.6 is 0 Å². The first-order valence-electron chi connectivity index (χ1n) is 7.89. The van der Waals surface area contributed by atoms with E-state index in [0.29, 0.717) is 11.4 Å². The molecule has 0 unspecified atom stereocenters. The Balaban J connectivity index is 1.74. The Hall–Kier alpha value is -3.28. The molecule has 0 aliphatic heterocycles. The number of amides is 1. The van der Waals surface area contributed by atoms with Gasteiger partial charge in [0, 0.05) is 36.3 Å². The van der Waals surface area contributed by atoms with Gasteiger partial charge in [0.15, 0.2) is 0 Å². The number of nitrogens with one attached hydrogen (secondary N) is 1. The third-order valence-electron chi connectivity index (χ3n) is 3.88. The Kier molecular flexibility index (Phi) is 4.70. The van der Waals surface area contributed by atoms with Crippen LogP contribution in [-0.2, 0) is 11.3 Å². The minimum absolute atomic E-state index is 0.206. The Bertz CT molecular complexity index is 913. The number of rotatable bonds is 5. The molecule has 2 aromatic heterocycles. The van der Waals surface area contributed by atoms with Crippen LogP contribution in [0.2, 0.25) is 0 Å². The van der Waals surface area contributed by atoms with Crippen molar-refractivity contribution in [3.63, 3.8) is 0 Å². The van der Waals surface area contributed by atoms with Gasteiger partial charge in [-0.05, 0) is 19.9 Å². The van der Waals surface area contributed by atoms with Gasteiger partial charge in [-0.1, -0.05) is 35.9 Å². The first kappa shape index (κ1) is 16.6. The highest BCUT2D eigenvalue weighted by Gasteiger charge is 2.16. The zero-order valence-electron chi connectivity index (χ0n) is 14.1. The summed E-state index contributed by atoms with van der Waals surface area (Å²) >= 11 is 0. The highest BCUT2D eigenvalue weighted by atomic mass is 16.2. The first-order valence-corrected chi connectivity index (χ1v) is 7.89. The monoisotopic (exact) mass is 334 g/mol. The second kappa shape index (κ2) is 7.09. The molecule has 126 valence electrons. The van der Waals surface area contributed by atoms with Crippen molar-refractivity contribution in [3.05, 3.63) is 77.5 Å². The van der Waals surface area contributed by atoms with E-state index in [4.69, 9.17) is 0 Å². The van der Waals surface area contributed by atoms with Gasteiger partial charge in [-0.25, -0.2) is 9.97 Å². The number of aromatic nitrogens is 3. The molecule has 0 saturated carbocycles. The molecule has 0 atom stereocenters. The van der Waals surface area contributed by atoms with Crippen LogP contribution in [0.4, 0.5) is 0 Å². The smallest absolute Gasteiger partial charge is 0.292 e. The SMILES string of the molecule is Cc1ccc(C(=O)C(=O)NCc2cccnc2-n2ccnc2C)cc1. The molecule has 3 aromatic rings. The van der Waals surface area contributed by atoms with Crippen LogP contribution < -0.4 is 5.32 Å². The van der Waals surface area contributed by atoms with Crippen LogP contribution in [0.5, 0.6) is 0 Å². The Morgan fingerprint density at radius 2 is 1.80 bits per heavy atom. The van der Waals surface area contributed by atoms with Gasteiger partial charge >= 0.3 is 0 Å². The molecule has 25 heavy (non-hydrogen) atoms. The summed E-state index contributed by atoms with van der Waals surface area (Å²) in [5.41, 5.74) is 2.21. The van der Waals surface area contributed by atoms with E-state index < -0.39 is 11.7 Å². The van der Waals surface area contributed by atoms with Crippen molar-refractivity contribution in [2.75, 3.05) is 0 Å². The molecular formula is C19H18N4O2. The lowest BCUT2D eigenvalue weighted by Crippen LogP contribution is -2.31. The molecule has 0 aliphatic carbocycles. The van der Waals surface area contributed by atoms with Crippen molar-refractivity contribution < 1.29 is 9.59 Å². The van der Waals surface area contributed by atoms with Crippen molar-refractivity contribution in [2.24, 2.45) is 0 Å². The number of aryl methyl sites for hydroxylation is 2. The van der Waals surface area contributed by atoms with E-state index in [1.54, 1.807) is 36.8 Å². The van der Waals surface area contributed by atoms with Crippen molar-refractivity contribution in [2.45, 2.75) is 20.4 Å². The van der Waals surface area contributed by atoms with Crippen molar-refractivity contribution in [1.29, 1.82) is 0 Å². The maximum atomic E-state index is 12.2. The number of hydrogen-bond acceptors (Lipinski definition) is 4. The molecule has 6 heteroatoms. The molecule has 0 radical (unpaired) electrons. The number of nitrogens with zero attached hydrogens (tertiary/aromatic N) is 3. The van der Waals surface area contributed by atoms with E-state index in [-0.39, 0.29) is 6.54 Å². The number of Topliss-reactive ketones (excluding diaryl/α,β-unsaturated/α-hetero) is 1. The van der Waals surface area contributed by atoms with E-state index in [0.717, 1.165) is 17.0 Å². The summed E-state index contributed by atoms with van der Waals surface area (Å²) < 4.78 is 1.84. The molecule has 0 saturated heterocycles. The zero-order chi connectivity index (χ0) is 17.8. The number of imidazole rings is 1. The van der Waals surface area contributed by atoms with Crippen LogP contribution in [0, 0.1) is 13.8 Å². The first-order chi connectivity index (χ1) is 12.1. The number of pyridine rings is 1. The van der Waals surface area contributed by atoms with Gasteiger partial charge < -0.3 is 5.32 Å². The fourth-order valence-corrected chi connectivity index (χ4v) is 2.48. The van der Waals surface area contributed by atoms with Gasteiger partial charge in [0.2, 0.25) is 5.78 Å². The average molecular weight is 334 g/mol. The standard InChI is InChI=1S/C19H18N4O2/c1-13-5-7-15(8-6-13)17(24)19(25)22-12-16-4-3-9-21-18(16)23-11-10-20-14(23)2/h3-11H,12H2,1-2H3,(H,22,25). The van der Waals surface area contributed by atoms with Crippen molar-refractivity contribution in [1.82, 2.24) is 19.9 Å². The van der Waals surface area contributed by atoms with Gasteiger partial charge in [-0.3, -0.25) is 14.2 Å². The quantitative estimate of drug-likeness (QED) is 0.574. The lowest BCUT2D eigenvalue weighted by atomic mass is 10.1. The molecule has 1 N–H and O–H groups in total. The van der Waals surface area contributed by atoms with Crippen LogP contribution in [0.25, 0.3) is 5.82 Å². The normalized spacial score (nSPS) is 10.5. The maximum absolute atomic E-state index is 12.2. The molecule has 0 aliphatic rings. The Morgan fingerprint density at radius 1 is 1.04 bits per heavy atom.